The second kappa shape index (κ2) is 5.26. The first-order valence-electron chi connectivity index (χ1n) is 7.59. The molecule has 2 heterocycles. The van der Waals surface area contributed by atoms with Crippen molar-refractivity contribution in [3.05, 3.63) is 17.7 Å². The fraction of sp³-hybridized carbons (Fsp3) is 0.562. The number of nitrogens with zero attached hydrogens (tertiary/aromatic N) is 1. The van der Waals surface area contributed by atoms with Crippen LogP contribution in [0.5, 0.6) is 11.5 Å². The van der Waals surface area contributed by atoms with E-state index in [2.05, 4.69) is 0 Å². The molecule has 120 valence electrons. The molecule has 0 saturated carbocycles. The highest BCUT2D eigenvalue weighted by Crippen LogP contribution is 2.40. The lowest BCUT2D eigenvalue weighted by molar-refractivity contribution is 0.122. The van der Waals surface area contributed by atoms with Gasteiger partial charge >= 0.3 is 6.09 Å². The minimum atomic E-state index is -0.891. The van der Waals surface area contributed by atoms with E-state index in [0.717, 1.165) is 30.6 Å². The third kappa shape index (κ3) is 2.77. The summed E-state index contributed by atoms with van der Waals surface area (Å²) >= 11 is 0. The molecule has 22 heavy (non-hydrogen) atoms. The molecule has 1 saturated heterocycles. The first-order chi connectivity index (χ1) is 10.4. The molecule has 6 nitrogen and oxygen atoms in total. The maximum atomic E-state index is 11.1. The van der Waals surface area contributed by atoms with E-state index in [1.807, 2.05) is 26.0 Å². The van der Waals surface area contributed by atoms with Crippen LogP contribution in [0.4, 0.5) is 10.5 Å². The molecule has 6 heteroatoms. The van der Waals surface area contributed by atoms with Crippen LogP contribution in [0.2, 0.25) is 0 Å². The number of anilines is 1. The Bertz CT molecular complexity index is 600. The third-order valence-corrected chi connectivity index (χ3v) is 4.25. The normalized spacial score (nSPS) is 22.3. The van der Waals surface area contributed by atoms with Gasteiger partial charge in [0.25, 0.3) is 0 Å². The zero-order chi connectivity index (χ0) is 15.9. The minimum Gasteiger partial charge on any atom is -0.489 e. The zero-order valence-electron chi connectivity index (χ0n) is 13.0. The molecular weight excluding hydrogens is 284 g/mol. The van der Waals surface area contributed by atoms with Crippen molar-refractivity contribution < 1.29 is 19.4 Å². The molecule has 0 aliphatic carbocycles. The lowest BCUT2D eigenvalue weighted by atomic mass is 10.0. The van der Waals surface area contributed by atoms with Crippen molar-refractivity contribution in [2.75, 3.05) is 18.9 Å². The van der Waals surface area contributed by atoms with Crippen LogP contribution in [-0.2, 0) is 6.42 Å². The number of likely N-dealkylation sites (tertiary alicyclic amines) is 1. The van der Waals surface area contributed by atoms with Gasteiger partial charge in [-0.2, -0.15) is 0 Å². The predicted molar refractivity (Wildman–Crippen MR) is 82.5 cm³/mol. The van der Waals surface area contributed by atoms with Crippen molar-refractivity contribution >= 4 is 11.8 Å². The highest BCUT2D eigenvalue weighted by molar-refractivity contribution is 5.66. The molecule has 1 amide bonds. The monoisotopic (exact) mass is 306 g/mol. The van der Waals surface area contributed by atoms with E-state index in [1.165, 1.54) is 4.90 Å². The number of amides is 1. The van der Waals surface area contributed by atoms with E-state index in [-0.39, 0.29) is 11.6 Å². The number of rotatable bonds is 3. The van der Waals surface area contributed by atoms with Crippen molar-refractivity contribution in [1.82, 2.24) is 4.90 Å². The SMILES string of the molecule is CC1(C)Cc2cc(N)c(OC[C@H]3CCCN3C(=O)O)cc2O1. The molecule has 0 unspecified atom stereocenters. The Labute approximate surface area is 129 Å². The molecule has 1 aromatic carbocycles. The third-order valence-electron chi connectivity index (χ3n) is 4.25. The molecule has 2 aliphatic rings. The van der Waals surface area contributed by atoms with Gasteiger partial charge in [-0.25, -0.2) is 4.79 Å². The van der Waals surface area contributed by atoms with Crippen LogP contribution in [0.15, 0.2) is 12.1 Å². The van der Waals surface area contributed by atoms with Gasteiger partial charge in [0.05, 0.1) is 11.7 Å². The van der Waals surface area contributed by atoms with Crippen LogP contribution in [0.3, 0.4) is 0 Å². The van der Waals surface area contributed by atoms with Crippen LogP contribution >= 0.6 is 0 Å². The molecule has 1 fully saturated rings. The molecule has 3 N–H and O–H groups in total. The van der Waals surface area contributed by atoms with E-state index < -0.39 is 6.09 Å². The average Bonchev–Trinajstić information content (AvgIpc) is 2.98. The number of fused-ring (bicyclic) bond motifs is 1. The Morgan fingerprint density at radius 3 is 3.05 bits per heavy atom. The highest BCUT2D eigenvalue weighted by Gasteiger charge is 2.32. The molecule has 2 aliphatic heterocycles. The van der Waals surface area contributed by atoms with E-state index in [4.69, 9.17) is 20.3 Å². The number of hydrogen-bond acceptors (Lipinski definition) is 4. The minimum absolute atomic E-state index is 0.109. The summed E-state index contributed by atoms with van der Waals surface area (Å²) in [7, 11) is 0. The van der Waals surface area contributed by atoms with E-state index in [1.54, 1.807) is 0 Å². The average molecular weight is 306 g/mol. The van der Waals surface area contributed by atoms with Crippen molar-refractivity contribution in [1.29, 1.82) is 0 Å². The van der Waals surface area contributed by atoms with Gasteiger partial charge < -0.3 is 25.2 Å². The predicted octanol–water partition coefficient (Wildman–Crippen LogP) is 2.50. The summed E-state index contributed by atoms with van der Waals surface area (Å²) in [5.41, 5.74) is 7.48. The Morgan fingerprint density at radius 1 is 1.55 bits per heavy atom. The molecular formula is C16H22N2O4. The first-order valence-corrected chi connectivity index (χ1v) is 7.59. The van der Waals surface area contributed by atoms with Crippen molar-refractivity contribution in [3.63, 3.8) is 0 Å². The summed E-state index contributed by atoms with van der Waals surface area (Å²) in [6.45, 7) is 4.96. The van der Waals surface area contributed by atoms with Gasteiger partial charge in [0.2, 0.25) is 0 Å². The van der Waals surface area contributed by atoms with Crippen molar-refractivity contribution in [2.24, 2.45) is 0 Å². The molecule has 0 bridgehead atoms. The summed E-state index contributed by atoms with van der Waals surface area (Å²) < 4.78 is 11.7. The summed E-state index contributed by atoms with van der Waals surface area (Å²) in [5.74, 6) is 1.37. The Balaban J connectivity index is 1.70. The van der Waals surface area contributed by atoms with Gasteiger partial charge in [0.15, 0.2) is 0 Å². The van der Waals surface area contributed by atoms with E-state index in [0.29, 0.717) is 24.6 Å². The number of nitrogens with two attached hydrogens (primary N) is 1. The highest BCUT2D eigenvalue weighted by atomic mass is 16.5. The van der Waals surface area contributed by atoms with Crippen LogP contribution in [0, 0.1) is 0 Å². The molecule has 0 radical (unpaired) electrons. The molecule has 1 aromatic rings. The summed E-state index contributed by atoms with van der Waals surface area (Å²) in [6.07, 6.45) is 1.62. The molecule has 0 spiro atoms. The number of nitrogen functional groups attached to an aromatic ring is 1. The number of carbonyl (C=O) groups is 1. The lowest BCUT2D eigenvalue weighted by Crippen LogP contribution is -2.38. The summed E-state index contributed by atoms with van der Waals surface area (Å²) in [4.78, 5) is 12.6. The summed E-state index contributed by atoms with van der Waals surface area (Å²) in [5, 5.41) is 9.15. The summed E-state index contributed by atoms with van der Waals surface area (Å²) in [6, 6.07) is 3.60. The van der Waals surface area contributed by atoms with Gasteiger partial charge in [-0.15, -0.1) is 0 Å². The molecule has 3 rings (SSSR count). The smallest absolute Gasteiger partial charge is 0.407 e. The van der Waals surface area contributed by atoms with Crippen molar-refractivity contribution in [3.8, 4) is 11.5 Å². The largest absolute Gasteiger partial charge is 0.489 e. The van der Waals surface area contributed by atoms with Crippen molar-refractivity contribution in [2.45, 2.75) is 44.8 Å². The number of hydrogen-bond donors (Lipinski definition) is 2. The Morgan fingerprint density at radius 2 is 2.32 bits per heavy atom. The first kappa shape index (κ1) is 14.8. The topological polar surface area (TPSA) is 85.0 Å². The number of ether oxygens (including phenoxy) is 2. The van der Waals surface area contributed by atoms with E-state index >= 15 is 0 Å². The van der Waals surface area contributed by atoms with E-state index in [9.17, 15) is 4.79 Å². The van der Waals surface area contributed by atoms with Crippen LogP contribution < -0.4 is 15.2 Å². The van der Waals surface area contributed by atoms with Crippen LogP contribution in [0.25, 0.3) is 0 Å². The second-order valence-corrected chi connectivity index (χ2v) is 6.62. The van der Waals surface area contributed by atoms with Gasteiger partial charge in [-0.1, -0.05) is 0 Å². The standard InChI is InChI=1S/C16H22N2O4/c1-16(2)8-10-6-12(17)14(7-13(10)22-16)21-9-11-4-3-5-18(11)15(19)20/h6-7,11H,3-5,8-9,17H2,1-2H3,(H,19,20)/t11-/m1/s1. The van der Waals surface area contributed by atoms with Gasteiger partial charge in [0, 0.05) is 24.6 Å². The lowest BCUT2D eigenvalue weighted by Gasteiger charge is -2.22. The van der Waals surface area contributed by atoms with Crippen LogP contribution in [-0.4, -0.2) is 40.9 Å². The van der Waals surface area contributed by atoms with Gasteiger partial charge in [0.1, 0.15) is 23.7 Å². The number of benzene rings is 1. The van der Waals surface area contributed by atoms with Crippen LogP contribution in [0.1, 0.15) is 32.3 Å². The second-order valence-electron chi connectivity index (χ2n) is 6.62. The van der Waals surface area contributed by atoms with Gasteiger partial charge in [-0.05, 0) is 32.8 Å². The maximum Gasteiger partial charge on any atom is 0.407 e. The zero-order valence-corrected chi connectivity index (χ0v) is 13.0. The fourth-order valence-electron chi connectivity index (χ4n) is 3.22. The Hall–Kier alpha value is -2.11. The van der Waals surface area contributed by atoms with Gasteiger partial charge in [-0.3, -0.25) is 0 Å². The quantitative estimate of drug-likeness (QED) is 0.838. The number of carboxylic acid groups (broad SMARTS) is 1. The Kier molecular flexibility index (Phi) is 3.54. The maximum absolute atomic E-state index is 11.1. The molecule has 1 atom stereocenters. The molecule has 0 aromatic heterocycles. The fourth-order valence-corrected chi connectivity index (χ4v) is 3.22.